The molecule has 0 aliphatic heterocycles. The van der Waals surface area contributed by atoms with E-state index in [9.17, 15) is 14.0 Å². The van der Waals surface area contributed by atoms with Gasteiger partial charge in [-0.3, -0.25) is 9.59 Å². The van der Waals surface area contributed by atoms with Gasteiger partial charge in [-0.25, -0.2) is 4.39 Å². The Morgan fingerprint density at radius 3 is 2.52 bits per heavy atom. The van der Waals surface area contributed by atoms with Crippen molar-refractivity contribution in [3.63, 3.8) is 0 Å². The Hall–Kier alpha value is -2.75. The molecule has 0 atom stereocenters. The molecule has 3 nitrogen and oxygen atoms in total. The van der Waals surface area contributed by atoms with Gasteiger partial charge in [-0.2, -0.15) is 0 Å². The monoisotopic (exact) mass is 310 g/mol. The predicted molar refractivity (Wildman–Crippen MR) is 84.5 cm³/mol. The normalized spacial score (nSPS) is 14.0. The maximum absolute atomic E-state index is 13.4. The molecule has 0 saturated carbocycles. The van der Waals surface area contributed by atoms with Crippen LogP contribution in [0.3, 0.4) is 0 Å². The molecule has 0 saturated heterocycles. The summed E-state index contributed by atoms with van der Waals surface area (Å²) in [7, 11) is 1.57. The molecule has 0 spiro atoms. The SMILES string of the molecule is COc1cccc(CC2=C(C)C(=O)c3ccc(F)cc3C2=O)c1. The second-order valence-electron chi connectivity index (χ2n) is 5.48. The van der Waals surface area contributed by atoms with E-state index < -0.39 is 5.82 Å². The highest BCUT2D eigenvalue weighted by molar-refractivity contribution is 6.26. The molecule has 0 fully saturated rings. The van der Waals surface area contributed by atoms with Crippen molar-refractivity contribution < 1.29 is 18.7 Å². The molecule has 23 heavy (non-hydrogen) atoms. The Morgan fingerprint density at radius 2 is 1.78 bits per heavy atom. The fourth-order valence-electron chi connectivity index (χ4n) is 2.77. The van der Waals surface area contributed by atoms with Crippen molar-refractivity contribution in [2.45, 2.75) is 13.3 Å². The second kappa shape index (κ2) is 5.80. The van der Waals surface area contributed by atoms with Crippen LogP contribution in [0.2, 0.25) is 0 Å². The van der Waals surface area contributed by atoms with Gasteiger partial charge in [0, 0.05) is 28.7 Å². The zero-order valence-electron chi connectivity index (χ0n) is 12.9. The highest BCUT2D eigenvalue weighted by Gasteiger charge is 2.30. The van der Waals surface area contributed by atoms with E-state index in [1.165, 1.54) is 12.1 Å². The first kappa shape index (κ1) is 15.2. The number of Topliss-reactive ketones (excluding diaryl/α,β-unsaturated/α-hetero) is 2. The van der Waals surface area contributed by atoms with Crippen LogP contribution < -0.4 is 4.74 Å². The first-order valence-corrected chi connectivity index (χ1v) is 7.23. The van der Waals surface area contributed by atoms with Crippen molar-refractivity contribution in [2.24, 2.45) is 0 Å². The second-order valence-corrected chi connectivity index (χ2v) is 5.48. The topological polar surface area (TPSA) is 43.4 Å². The molecule has 2 aromatic carbocycles. The van der Waals surface area contributed by atoms with Crippen molar-refractivity contribution in [3.05, 3.63) is 76.1 Å². The quantitative estimate of drug-likeness (QED) is 0.866. The Morgan fingerprint density at radius 1 is 1.00 bits per heavy atom. The summed E-state index contributed by atoms with van der Waals surface area (Å²) in [6.45, 7) is 1.64. The summed E-state index contributed by atoms with van der Waals surface area (Å²) in [5.74, 6) is -0.358. The van der Waals surface area contributed by atoms with Crippen molar-refractivity contribution in [1.29, 1.82) is 0 Å². The number of halogens is 1. The van der Waals surface area contributed by atoms with E-state index in [0.29, 0.717) is 23.3 Å². The summed E-state index contributed by atoms with van der Waals surface area (Å²) in [5, 5.41) is 0. The van der Waals surface area contributed by atoms with Gasteiger partial charge < -0.3 is 4.74 Å². The third kappa shape index (κ3) is 2.68. The predicted octanol–water partition coefficient (Wildman–Crippen LogP) is 3.77. The Labute approximate surface area is 133 Å². The molecule has 0 bridgehead atoms. The molecule has 4 heteroatoms. The lowest BCUT2D eigenvalue weighted by Crippen LogP contribution is -2.22. The summed E-state index contributed by atoms with van der Waals surface area (Å²) in [5.41, 5.74) is 2.08. The molecule has 1 aliphatic carbocycles. The largest absolute Gasteiger partial charge is 0.497 e. The van der Waals surface area contributed by atoms with E-state index in [1.54, 1.807) is 14.0 Å². The van der Waals surface area contributed by atoms with Crippen molar-refractivity contribution in [3.8, 4) is 5.75 Å². The van der Waals surface area contributed by atoms with Gasteiger partial charge in [0.1, 0.15) is 11.6 Å². The van der Waals surface area contributed by atoms with Crippen LogP contribution >= 0.6 is 0 Å². The number of hydrogen-bond acceptors (Lipinski definition) is 3. The summed E-state index contributed by atoms with van der Waals surface area (Å²) in [6.07, 6.45) is 0.309. The van der Waals surface area contributed by atoms with Gasteiger partial charge in [-0.1, -0.05) is 12.1 Å². The number of allylic oxidation sites excluding steroid dienone is 2. The third-order valence-electron chi connectivity index (χ3n) is 4.05. The molecule has 1 aliphatic rings. The zero-order valence-corrected chi connectivity index (χ0v) is 12.9. The summed E-state index contributed by atoms with van der Waals surface area (Å²) in [4.78, 5) is 25.1. The van der Waals surface area contributed by atoms with Gasteiger partial charge in [0.25, 0.3) is 0 Å². The third-order valence-corrected chi connectivity index (χ3v) is 4.05. The van der Waals surface area contributed by atoms with Crippen molar-refractivity contribution in [2.75, 3.05) is 7.11 Å². The fourth-order valence-corrected chi connectivity index (χ4v) is 2.77. The Bertz CT molecular complexity index is 849. The molecule has 0 heterocycles. The van der Waals surface area contributed by atoms with Crippen molar-refractivity contribution >= 4 is 11.6 Å². The van der Waals surface area contributed by atoms with Crippen LogP contribution in [-0.4, -0.2) is 18.7 Å². The lowest BCUT2D eigenvalue weighted by atomic mass is 9.82. The fraction of sp³-hybridized carbons (Fsp3) is 0.158. The maximum Gasteiger partial charge on any atom is 0.190 e. The zero-order chi connectivity index (χ0) is 16.6. The smallest absolute Gasteiger partial charge is 0.190 e. The first-order chi connectivity index (χ1) is 11.0. The first-order valence-electron chi connectivity index (χ1n) is 7.23. The minimum Gasteiger partial charge on any atom is -0.497 e. The summed E-state index contributed by atoms with van der Waals surface area (Å²) >= 11 is 0. The minimum absolute atomic E-state index is 0.137. The molecule has 0 N–H and O–H groups in total. The molecule has 116 valence electrons. The molecule has 0 unspecified atom stereocenters. The van der Waals surface area contributed by atoms with Gasteiger partial charge in [-0.05, 0) is 42.8 Å². The number of ether oxygens (including phenoxy) is 1. The van der Waals surface area contributed by atoms with Crippen LogP contribution in [0.25, 0.3) is 0 Å². The van der Waals surface area contributed by atoms with E-state index in [-0.39, 0.29) is 22.7 Å². The lowest BCUT2D eigenvalue weighted by molar-refractivity contribution is 0.0972. The van der Waals surface area contributed by atoms with E-state index in [4.69, 9.17) is 4.74 Å². The molecule has 0 radical (unpaired) electrons. The van der Waals surface area contributed by atoms with Gasteiger partial charge in [0.15, 0.2) is 11.6 Å². The van der Waals surface area contributed by atoms with E-state index >= 15 is 0 Å². The van der Waals surface area contributed by atoms with Crippen LogP contribution in [0, 0.1) is 5.82 Å². The summed E-state index contributed by atoms with van der Waals surface area (Å²) in [6, 6.07) is 11.0. The number of benzene rings is 2. The summed E-state index contributed by atoms with van der Waals surface area (Å²) < 4.78 is 18.6. The molecule has 3 rings (SSSR count). The van der Waals surface area contributed by atoms with Gasteiger partial charge in [0.05, 0.1) is 7.11 Å². The standard InChI is InChI=1S/C19H15FO3/c1-11-16(9-12-4-3-5-14(8-12)23-2)19(22)17-10-13(20)6-7-15(17)18(11)21/h3-8,10H,9H2,1-2H3. The van der Waals surface area contributed by atoms with Gasteiger partial charge >= 0.3 is 0 Å². The van der Waals surface area contributed by atoms with E-state index in [2.05, 4.69) is 0 Å². The van der Waals surface area contributed by atoms with Gasteiger partial charge in [0.2, 0.25) is 0 Å². The Balaban J connectivity index is 2.03. The number of carbonyl (C=O) groups excluding carboxylic acids is 2. The Kier molecular flexibility index (Phi) is 3.82. The molecular weight excluding hydrogens is 295 g/mol. The number of hydrogen-bond donors (Lipinski definition) is 0. The average molecular weight is 310 g/mol. The van der Waals surface area contributed by atoms with Gasteiger partial charge in [-0.15, -0.1) is 0 Å². The number of methoxy groups -OCH3 is 1. The minimum atomic E-state index is -0.523. The van der Waals surface area contributed by atoms with Crippen LogP contribution in [0.15, 0.2) is 53.6 Å². The van der Waals surface area contributed by atoms with E-state index in [0.717, 1.165) is 11.6 Å². The van der Waals surface area contributed by atoms with Crippen LogP contribution in [0.1, 0.15) is 33.2 Å². The maximum atomic E-state index is 13.4. The highest BCUT2D eigenvalue weighted by atomic mass is 19.1. The highest BCUT2D eigenvalue weighted by Crippen LogP contribution is 2.29. The van der Waals surface area contributed by atoms with E-state index in [1.807, 2.05) is 24.3 Å². The van der Waals surface area contributed by atoms with Crippen LogP contribution in [0.4, 0.5) is 4.39 Å². The molecular formula is C19H15FO3. The van der Waals surface area contributed by atoms with Crippen molar-refractivity contribution in [1.82, 2.24) is 0 Å². The van der Waals surface area contributed by atoms with Crippen LogP contribution in [0.5, 0.6) is 5.75 Å². The van der Waals surface area contributed by atoms with Crippen LogP contribution in [-0.2, 0) is 6.42 Å². The number of rotatable bonds is 3. The molecule has 0 amide bonds. The number of fused-ring (bicyclic) bond motifs is 1. The lowest BCUT2D eigenvalue weighted by Gasteiger charge is -2.19. The molecule has 0 aromatic heterocycles. The number of ketones is 2. The average Bonchev–Trinajstić information content (AvgIpc) is 2.57. The molecule has 2 aromatic rings. The number of carbonyl (C=O) groups is 2.